The Morgan fingerprint density at radius 1 is 1.24 bits per heavy atom. The van der Waals surface area contributed by atoms with E-state index in [1.165, 1.54) is 0 Å². The molecule has 7 nitrogen and oxygen atoms in total. The number of hydrogen-bond acceptors (Lipinski definition) is 5. The lowest BCUT2D eigenvalue weighted by atomic mass is 9.86. The van der Waals surface area contributed by atoms with E-state index in [4.69, 9.17) is 4.74 Å². The summed E-state index contributed by atoms with van der Waals surface area (Å²) in [6, 6.07) is 5.87. The van der Waals surface area contributed by atoms with Crippen molar-refractivity contribution in [2.24, 2.45) is 11.8 Å². The molecule has 0 aliphatic carbocycles. The fraction of sp³-hybridized carbons (Fsp3) is 0.611. The predicted molar refractivity (Wildman–Crippen MR) is 90.7 cm³/mol. The molecule has 2 aliphatic heterocycles. The van der Waals surface area contributed by atoms with E-state index in [0.29, 0.717) is 45.3 Å². The molecule has 2 N–H and O–H groups in total. The third-order valence-electron chi connectivity index (χ3n) is 5.08. The van der Waals surface area contributed by atoms with Crippen LogP contribution in [0, 0.1) is 11.8 Å². The van der Waals surface area contributed by atoms with Crippen LogP contribution in [0.3, 0.4) is 0 Å². The van der Waals surface area contributed by atoms with Crippen molar-refractivity contribution in [1.29, 1.82) is 0 Å². The average molecular weight is 347 g/mol. The number of nitrogens with one attached hydrogen (secondary N) is 1. The Hall–Kier alpha value is -1.99. The molecule has 2 fully saturated rings. The molecule has 0 bridgehead atoms. The van der Waals surface area contributed by atoms with Crippen LogP contribution in [-0.2, 0) is 20.9 Å². The number of ether oxygens (including phenoxy) is 1. The van der Waals surface area contributed by atoms with E-state index in [1.807, 2.05) is 18.2 Å². The highest BCUT2D eigenvalue weighted by atomic mass is 16.5. The van der Waals surface area contributed by atoms with Gasteiger partial charge in [0.15, 0.2) is 0 Å². The SMILES string of the molecule is O=C(O)[C@@H]1C[C@H](C(=O)NCc2ccccn2)CN(C2CCOCC2)C1. The van der Waals surface area contributed by atoms with Gasteiger partial charge in [-0.3, -0.25) is 19.5 Å². The van der Waals surface area contributed by atoms with Gasteiger partial charge in [0, 0.05) is 38.5 Å². The summed E-state index contributed by atoms with van der Waals surface area (Å²) in [7, 11) is 0. The van der Waals surface area contributed by atoms with Crippen LogP contribution in [0.4, 0.5) is 0 Å². The third-order valence-corrected chi connectivity index (χ3v) is 5.08. The number of carbonyl (C=O) groups excluding carboxylic acids is 1. The minimum Gasteiger partial charge on any atom is -0.481 e. The first-order valence-electron chi connectivity index (χ1n) is 8.85. The molecular formula is C18H25N3O4. The molecule has 1 aromatic heterocycles. The Morgan fingerprint density at radius 3 is 2.68 bits per heavy atom. The minimum absolute atomic E-state index is 0.0892. The van der Waals surface area contributed by atoms with Gasteiger partial charge in [0.1, 0.15) is 0 Å². The lowest BCUT2D eigenvalue weighted by molar-refractivity contribution is -0.146. The summed E-state index contributed by atoms with van der Waals surface area (Å²) in [5, 5.41) is 12.4. The number of aromatic nitrogens is 1. The van der Waals surface area contributed by atoms with Crippen LogP contribution in [0.2, 0.25) is 0 Å². The minimum atomic E-state index is -0.820. The van der Waals surface area contributed by atoms with Gasteiger partial charge in [-0.05, 0) is 31.4 Å². The molecule has 1 aromatic rings. The zero-order chi connectivity index (χ0) is 17.6. The van der Waals surface area contributed by atoms with E-state index >= 15 is 0 Å². The van der Waals surface area contributed by atoms with E-state index < -0.39 is 11.9 Å². The molecule has 7 heteroatoms. The van der Waals surface area contributed by atoms with Crippen LogP contribution >= 0.6 is 0 Å². The summed E-state index contributed by atoms with van der Waals surface area (Å²) in [5.74, 6) is -1.71. The molecular weight excluding hydrogens is 322 g/mol. The maximum absolute atomic E-state index is 12.6. The number of pyridine rings is 1. The molecule has 136 valence electrons. The topological polar surface area (TPSA) is 91.8 Å². The number of carboxylic acid groups (broad SMARTS) is 1. The van der Waals surface area contributed by atoms with Gasteiger partial charge < -0.3 is 15.2 Å². The molecule has 1 amide bonds. The van der Waals surface area contributed by atoms with E-state index in [-0.39, 0.29) is 11.8 Å². The van der Waals surface area contributed by atoms with Crippen LogP contribution in [0.1, 0.15) is 25.0 Å². The molecule has 0 radical (unpaired) electrons. The van der Waals surface area contributed by atoms with Gasteiger partial charge in [-0.2, -0.15) is 0 Å². The van der Waals surface area contributed by atoms with Crippen LogP contribution in [-0.4, -0.2) is 59.2 Å². The molecule has 3 heterocycles. The molecule has 2 saturated heterocycles. The average Bonchev–Trinajstić information content (AvgIpc) is 2.67. The van der Waals surface area contributed by atoms with Gasteiger partial charge in [0.05, 0.1) is 24.1 Å². The van der Waals surface area contributed by atoms with Gasteiger partial charge in [-0.1, -0.05) is 6.07 Å². The first kappa shape index (κ1) is 17.8. The number of piperidine rings is 1. The Morgan fingerprint density at radius 2 is 2.00 bits per heavy atom. The van der Waals surface area contributed by atoms with Gasteiger partial charge in [0.2, 0.25) is 5.91 Å². The summed E-state index contributed by atoms with van der Waals surface area (Å²) in [4.78, 5) is 30.5. The molecule has 0 aromatic carbocycles. The van der Waals surface area contributed by atoms with Crippen LogP contribution in [0.5, 0.6) is 0 Å². The van der Waals surface area contributed by atoms with E-state index in [0.717, 1.165) is 18.5 Å². The molecule has 25 heavy (non-hydrogen) atoms. The number of nitrogens with zero attached hydrogens (tertiary/aromatic N) is 2. The van der Waals surface area contributed by atoms with Crippen molar-refractivity contribution in [2.75, 3.05) is 26.3 Å². The van der Waals surface area contributed by atoms with Gasteiger partial charge in [-0.25, -0.2) is 0 Å². The summed E-state index contributed by atoms with van der Waals surface area (Å²) in [5.41, 5.74) is 0.794. The lowest BCUT2D eigenvalue weighted by Crippen LogP contribution is -2.52. The van der Waals surface area contributed by atoms with E-state index in [2.05, 4.69) is 15.2 Å². The molecule has 2 aliphatic rings. The maximum atomic E-state index is 12.6. The first-order chi connectivity index (χ1) is 12.1. The number of hydrogen-bond donors (Lipinski definition) is 2. The molecule has 0 unspecified atom stereocenters. The zero-order valence-electron chi connectivity index (χ0n) is 14.3. The maximum Gasteiger partial charge on any atom is 0.307 e. The molecule has 2 atom stereocenters. The van der Waals surface area contributed by atoms with Crippen molar-refractivity contribution in [3.63, 3.8) is 0 Å². The highest BCUT2D eigenvalue weighted by Gasteiger charge is 2.37. The second kappa shape index (κ2) is 8.40. The number of carboxylic acids is 1. The number of aliphatic carboxylic acids is 1. The summed E-state index contributed by atoms with van der Waals surface area (Å²) in [6.07, 6.45) is 3.88. The zero-order valence-corrected chi connectivity index (χ0v) is 14.3. The van der Waals surface area contributed by atoms with Crippen LogP contribution < -0.4 is 5.32 Å². The largest absolute Gasteiger partial charge is 0.481 e. The fourth-order valence-electron chi connectivity index (χ4n) is 3.68. The third kappa shape index (κ3) is 4.76. The Balaban J connectivity index is 1.61. The van der Waals surface area contributed by atoms with Crippen molar-refractivity contribution in [3.8, 4) is 0 Å². The van der Waals surface area contributed by atoms with Crippen LogP contribution in [0.15, 0.2) is 24.4 Å². The van der Waals surface area contributed by atoms with E-state index in [9.17, 15) is 14.7 Å². The monoisotopic (exact) mass is 347 g/mol. The molecule has 0 saturated carbocycles. The Kier molecular flexibility index (Phi) is 5.99. The molecule has 0 spiro atoms. The number of rotatable bonds is 5. The summed E-state index contributed by atoms with van der Waals surface area (Å²) in [6.45, 7) is 2.91. The van der Waals surface area contributed by atoms with Gasteiger partial charge in [-0.15, -0.1) is 0 Å². The summed E-state index contributed by atoms with van der Waals surface area (Å²) >= 11 is 0. The van der Waals surface area contributed by atoms with E-state index in [1.54, 1.807) is 6.20 Å². The van der Waals surface area contributed by atoms with Gasteiger partial charge >= 0.3 is 5.97 Å². The normalized spacial score (nSPS) is 25.4. The lowest BCUT2D eigenvalue weighted by Gasteiger charge is -2.41. The molecule has 3 rings (SSSR count). The van der Waals surface area contributed by atoms with Crippen molar-refractivity contribution in [3.05, 3.63) is 30.1 Å². The predicted octanol–water partition coefficient (Wildman–Crippen LogP) is 0.899. The quantitative estimate of drug-likeness (QED) is 0.822. The van der Waals surface area contributed by atoms with Crippen molar-refractivity contribution >= 4 is 11.9 Å². The number of likely N-dealkylation sites (tertiary alicyclic amines) is 1. The van der Waals surface area contributed by atoms with Crippen LogP contribution in [0.25, 0.3) is 0 Å². The highest BCUT2D eigenvalue weighted by molar-refractivity contribution is 5.80. The summed E-state index contributed by atoms with van der Waals surface area (Å²) < 4.78 is 5.40. The van der Waals surface area contributed by atoms with Crippen molar-refractivity contribution < 1.29 is 19.4 Å². The van der Waals surface area contributed by atoms with Crippen molar-refractivity contribution in [1.82, 2.24) is 15.2 Å². The number of carbonyl (C=O) groups is 2. The Bertz CT molecular complexity index is 589. The number of amides is 1. The highest BCUT2D eigenvalue weighted by Crippen LogP contribution is 2.27. The van der Waals surface area contributed by atoms with Gasteiger partial charge in [0.25, 0.3) is 0 Å². The van der Waals surface area contributed by atoms with Crippen molar-refractivity contribution in [2.45, 2.75) is 31.8 Å². The second-order valence-electron chi connectivity index (χ2n) is 6.80. The fourth-order valence-corrected chi connectivity index (χ4v) is 3.68. The first-order valence-corrected chi connectivity index (χ1v) is 8.85. The standard InChI is InChI=1S/C18H25N3O4/c22-17(20-10-15-3-1-2-6-19-15)13-9-14(18(23)24)12-21(11-13)16-4-7-25-8-5-16/h1-3,6,13-14,16H,4-5,7-12H2,(H,20,22)(H,23,24)/t13-,14+/m0/s1. The smallest absolute Gasteiger partial charge is 0.307 e. The second-order valence-corrected chi connectivity index (χ2v) is 6.80. The Labute approximate surface area is 147 Å².